The summed E-state index contributed by atoms with van der Waals surface area (Å²) >= 11 is 1.48. The smallest absolute Gasteiger partial charge is 0.263 e. The molecule has 24 heavy (non-hydrogen) atoms. The number of pyridine rings is 1. The molecular formula is C18H19N3O2S. The van der Waals surface area contributed by atoms with Gasteiger partial charge in [0, 0.05) is 37.8 Å². The Labute approximate surface area is 144 Å². The lowest BCUT2D eigenvalue weighted by Crippen LogP contribution is -2.54. The molecule has 124 valence electrons. The van der Waals surface area contributed by atoms with Gasteiger partial charge in [-0.1, -0.05) is 12.1 Å². The van der Waals surface area contributed by atoms with Gasteiger partial charge in [-0.15, -0.1) is 11.3 Å². The molecule has 6 heteroatoms. The highest BCUT2D eigenvalue weighted by Gasteiger charge is 2.49. The van der Waals surface area contributed by atoms with Gasteiger partial charge in [0.05, 0.1) is 10.4 Å². The van der Waals surface area contributed by atoms with Gasteiger partial charge >= 0.3 is 0 Å². The number of nitrogens with one attached hydrogen (secondary N) is 1. The molecule has 0 unspecified atom stereocenters. The summed E-state index contributed by atoms with van der Waals surface area (Å²) in [6.07, 6.45) is 5.69. The van der Waals surface area contributed by atoms with Crippen LogP contribution in [0.4, 0.5) is 0 Å². The molecule has 2 saturated heterocycles. The maximum absolute atomic E-state index is 12.5. The second kappa shape index (κ2) is 6.02. The van der Waals surface area contributed by atoms with E-state index in [0.717, 1.165) is 23.3 Å². The Balaban J connectivity index is 1.52. The summed E-state index contributed by atoms with van der Waals surface area (Å²) < 4.78 is 0. The van der Waals surface area contributed by atoms with Gasteiger partial charge in [0.1, 0.15) is 0 Å². The van der Waals surface area contributed by atoms with E-state index >= 15 is 0 Å². The molecule has 0 radical (unpaired) electrons. The highest BCUT2D eigenvalue weighted by atomic mass is 32.1. The van der Waals surface area contributed by atoms with Crippen molar-refractivity contribution in [2.24, 2.45) is 0 Å². The van der Waals surface area contributed by atoms with Crippen LogP contribution in [0, 0.1) is 0 Å². The van der Waals surface area contributed by atoms with Crippen molar-refractivity contribution < 1.29 is 9.59 Å². The second-order valence-electron chi connectivity index (χ2n) is 6.52. The van der Waals surface area contributed by atoms with E-state index < -0.39 is 0 Å². The molecule has 1 spiro atoms. The van der Waals surface area contributed by atoms with E-state index in [9.17, 15) is 9.59 Å². The zero-order valence-corrected chi connectivity index (χ0v) is 14.1. The van der Waals surface area contributed by atoms with Crippen LogP contribution in [0.1, 0.15) is 40.4 Å². The molecule has 0 aromatic carbocycles. The van der Waals surface area contributed by atoms with Crippen LogP contribution in [0.15, 0.2) is 42.0 Å². The number of piperidine rings is 1. The lowest BCUT2D eigenvalue weighted by molar-refractivity contribution is -0.120. The highest BCUT2D eigenvalue weighted by molar-refractivity contribution is 7.12. The van der Waals surface area contributed by atoms with Crippen LogP contribution in [-0.4, -0.2) is 40.3 Å². The summed E-state index contributed by atoms with van der Waals surface area (Å²) in [5.41, 5.74) is 0.862. The standard InChI is InChI=1S/C18H19N3O2S/c22-16-11-14(13-3-1-7-19-12-13)18(20-16)5-8-21(9-6-18)17(23)15-4-2-10-24-15/h1-4,7,10,12,14H,5-6,8-9,11H2,(H,20,22)/t14-/m0/s1. The molecule has 4 heterocycles. The highest BCUT2D eigenvalue weighted by Crippen LogP contribution is 2.43. The lowest BCUT2D eigenvalue weighted by Gasteiger charge is -2.42. The van der Waals surface area contributed by atoms with Crippen LogP contribution in [-0.2, 0) is 4.79 Å². The summed E-state index contributed by atoms with van der Waals surface area (Å²) in [5.74, 6) is 0.335. The Hall–Kier alpha value is -2.21. The fraction of sp³-hybridized carbons (Fsp3) is 0.389. The third-order valence-electron chi connectivity index (χ3n) is 5.21. The number of aromatic nitrogens is 1. The summed E-state index contributed by atoms with van der Waals surface area (Å²) in [4.78, 5) is 31.5. The average molecular weight is 341 g/mol. The summed E-state index contributed by atoms with van der Waals surface area (Å²) in [7, 11) is 0. The van der Waals surface area contributed by atoms with Crippen molar-refractivity contribution in [3.8, 4) is 0 Å². The van der Waals surface area contributed by atoms with E-state index in [1.54, 1.807) is 6.20 Å². The van der Waals surface area contributed by atoms with E-state index in [1.165, 1.54) is 11.3 Å². The fourth-order valence-electron chi connectivity index (χ4n) is 3.95. The minimum absolute atomic E-state index is 0.0990. The predicted molar refractivity (Wildman–Crippen MR) is 91.9 cm³/mol. The van der Waals surface area contributed by atoms with Gasteiger partial charge in [0.15, 0.2) is 0 Å². The fourth-order valence-corrected chi connectivity index (χ4v) is 4.64. The summed E-state index contributed by atoms with van der Waals surface area (Å²) in [6, 6.07) is 7.73. The maximum Gasteiger partial charge on any atom is 0.263 e. The zero-order chi connectivity index (χ0) is 16.6. The first kappa shape index (κ1) is 15.3. The van der Waals surface area contributed by atoms with E-state index in [1.807, 2.05) is 40.7 Å². The van der Waals surface area contributed by atoms with Gasteiger partial charge in [-0.2, -0.15) is 0 Å². The van der Waals surface area contributed by atoms with Crippen molar-refractivity contribution in [2.75, 3.05) is 13.1 Å². The molecule has 2 amide bonds. The van der Waals surface area contributed by atoms with Crippen LogP contribution in [0.3, 0.4) is 0 Å². The summed E-state index contributed by atoms with van der Waals surface area (Å²) in [5, 5.41) is 5.13. The number of thiophene rings is 1. The molecule has 2 aromatic rings. The van der Waals surface area contributed by atoms with Crippen molar-refractivity contribution in [1.29, 1.82) is 0 Å². The Kier molecular flexibility index (Phi) is 3.84. The zero-order valence-electron chi connectivity index (χ0n) is 13.3. The molecule has 2 aromatic heterocycles. The van der Waals surface area contributed by atoms with Crippen LogP contribution >= 0.6 is 11.3 Å². The molecule has 2 fully saturated rings. The van der Waals surface area contributed by atoms with Gasteiger partial charge in [-0.3, -0.25) is 14.6 Å². The topological polar surface area (TPSA) is 62.3 Å². The molecule has 0 aliphatic carbocycles. The van der Waals surface area contributed by atoms with E-state index in [0.29, 0.717) is 19.5 Å². The normalized spacial score (nSPS) is 22.6. The maximum atomic E-state index is 12.5. The van der Waals surface area contributed by atoms with E-state index in [-0.39, 0.29) is 23.3 Å². The Morgan fingerprint density at radius 1 is 1.29 bits per heavy atom. The Morgan fingerprint density at radius 3 is 2.79 bits per heavy atom. The average Bonchev–Trinajstić information content (AvgIpc) is 3.24. The minimum Gasteiger partial charge on any atom is -0.350 e. The van der Waals surface area contributed by atoms with Crippen molar-refractivity contribution in [3.05, 3.63) is 52.5 Å². The van der Waals surface area contributed by atoms with Gasteiger partial charge in [0.25, 0.3) is 5.91 Å². The van der Waals surface area contributed by atoms with E-state index in [2.05, 4.69) is 10.3 Å². The van der Waals surface area contributed by atoms with E-state index in [4.69, 9.17) is 0 Å². The van der Waals surface area contributed by atoms with Crippen molar-refractivity contribution >= 4 is 23.2 Å². The van der Waals surface area contributed by atoms with Crippen molar-refractivity contribution in [2.45, 2.75) is 30.7 Å². The molecule has 2 aliphatic rings. The summed E-state index contributed by atoms with van der Waals surface area (Å²) in [6.45, 7) is 1.35. The molecule has 1 atom stereocenters. The number of rotatable bonds is 2. The number of carbonyl (C=O) groups excluding carboxylic acids is 2. The SMILES string of the molecule is O=C1C[C@@H](c2cccnc2)C2(CCN(C(=O)c3cccs3)CC2)N1. The minimum atomic E-state index is -0.244. The van der Waals surface area contributed by atoms with Crippen LogP contribution in [0.5, 0.6) is 0 Å². The number of nitrogens with zero attached hydrogens (tertiary/aromatic N) is 2. The first-order chi connectivity index (χ1) is 11.7. The molecule has 0 bridgehead atoms. The van der Waals surface area contributed by atoms with Crippen molar-refractivity contribution in [1.82, 2.24) is 15.2 Å². The first-order valence-corrected chi connectivity index (χ1v) is 9.10. The number of amides is 2. The molecule has 5 nitrogen and oxygen atoms in total. The van der Waals surface area contributed by atoms with Crippen LogP contribution < -0.4 is 5.32 Å². The number of hydrogen-bond acceptors (Lipinski definition) is 4. The largest absolute Gasteiger partial charge is 0.350 e. The molecular weight excluding hydrogens is 322 g/mol. The molecule has 4 rings (SSSR count). The Morgan fingerprint density at radius 2 is 2.12 bits per heavy atom. The van der Waals surface area contributed by atoms with Gasteiger partial charge in [0.2, 0.25) is 5.91 Å². The number of likely N-dealkylation sites (tertiary alicyclic amines) is 1. The predicted octanol–water partition coefficient (Wildman–Crippen LogP) is 2.42. The molecule has 2 aliphatic heterocycles. The Bertz CT molecular complexity index is 737. The quantitative estimate of drug-likeness (QED) is 0.912. The third kappa shape index (κ3) is 2.60. The van der Waals surface area contributed by atoms with Crippen molar-refractivity contribution in [3.63, 3.8) is 0 Å². The first-order valence-electron chi connectivity index (χ1n) is 8.22. The third-order valence-corrected chi connectivity index (χ3v) is 6.06. The van der Waals surface area contributed by atoms with Crippen LogP contribution in [0.2, 0.25) is 0 Å². The van der Waals surface area contributed by atoms with Crippen LogP contribution in [0.25, 0.3) is 0 Å². The van der Waals surface area contributed by atoms with Gasteiger partial charge < -0.3 is 10.2 Å². The monoisotopic (exact) mass is 341 g/mol. The second-order valence-corrected chi connectivity index (χ2v) is 7.46. The number of carbonyl (C=O) groups is 2. The molecule has 0 saturated carbocycles. The number of hydrogen-bond donors (Lipinski definition) is 1. The lowest BCUT2D eigenvalue weighted by atomic mass is 9.74. The van der Waals surface area contributed by atoms with Gasteiger partial charge in [-0.25, -0.2) is 0 Å². The molecule has 1 N–H and O–H groups in total. The van der Waals surface area contributed by atoms with Gasteiger partial charge in [-0.05, 0) is 35.9 Å².